The Kier molecular flexibility index (Phi) is 3.48. The average molecular weight is 196 g/mol. The number of carbonyl (C=O) groups is 1. The summed E-state index contributed by atoms with van der Waals surface area (Å²) in [6.45, 7) is 0. The van der Waals surface area contributed by atoms with Crippen LogP contribution in [0, 0.1) is 0 Å². The fraction of sp³-hybridized carbons (Fsp3) is 0.300. The van der Waals surface area contributed by atoms with Gasteiger partial charge in [0.15, 0.2) is 6.10 Å². The fourth-order valence-electron chi connectivity index (χ4n) is 1.09. The zero-order chi connectivity index (χ0) is 10.6. The fourth-order valence-corrected chi connectivity index (χ4v) is 1.09. The summed E-state index contributed by atoms with van der Waals surface area (Å²) in [5, 5.41) is 26.4. The number of aliphatic hydroxyl groups excluding tert-OH is 1. The topological polar surface area (TPSA) is 77.8 Å². The van der Waals surface area contributed by atoms with Crippen molar-refractivity contribution in [1.29, 1.82) is 0 Å². The van der Waals surface area contributed by atoms with Gasteiger partial charge in [-0.05, 0) is 30.5 Å². The minimum atomic E-state index is -1.32. The Morgan fingerprint density at radius 3 is 2.36 bits per heavy atom. The van der Waals surface area contributed by atoms with E-state index in [9.17, 15) is 4.79 Å². The first-order valence-corrected chi connectivity index (χ1v) is 4.28. The Hall–Kier alpha value is -1.55. The Morgan fingerprint density at radius 1 is 1.29 bits per heavy atom. The molecule has 0 bridgehead atoms. The number of carboxylic acid groups (broad SMARTS) is 1. The SMILES string of the molecule is O=C(O)C(O)CCc1ccc(O)cc1. The van der Waals surface area contributed by atoms with Crippen molar-refractivity contribution in [3.8, 4) is 5.75 Å². The van der Waals surface area contributed by atoms with Gasteiger partial charge < -0.3 is 15.3 Å². The molecule has 0 aliphatic carbocycles. The third-order valence-corrected chi connectivity index (χ3v) is 1.93. The lowest BCUT2D eigenvalue weighted by Crippen LogP contribution is -2.19. The zero-order valence-corrected chi connectivity index (χ0v) is 7.55. The second-order valence-electron chi connectivity index (χ2n) is 3.06. The van der Waals surface area contributed by atoms with Gasteiger partial charge in [-0.1, -0.05) is 12.1 Å². The molecule has 0 fully saturated rings. The van der Waals surface area contributed by atoms with Crippen LogP contribution in [0.3, 0.4) is 0 Å². The summed E-state index contributed by atoms with van der Waals surface area (Å²) < 4.78 is 0. The molecule has 0 aromatic heterocycles. The van der Waals surface area contributed by atoms with Crippen LogP contribution in [0.25, 0.3) is 0 Å². The smallest absolute Gasteiger partial charge is 0.332 e. The van der Waals surface area contributed by atoms with Crippen molar-refractivity contribution in [2.24, 2.45) is 0 Å². The predicted octanol–water partition coefficient (Wildman–Crippen LogP) is 0.770. The second kappa shape index (κ2) is 4.62. The number of phenolic OH excluding ortho intramolecular Hbond substituents is 1. The van der Waals surface area contributed by atoms with E-state index in [4.69, 9.17) is 15.3 Å². The van der Waals surface area contributed by atoms with Crippen LogP contribution in [0.5, 0.6) is 5.75 Å². The van der Waals surface area contributed by atoms with E-state index >= 15 is 0 Å². The van der Waals surface area contributed by atoms with E-state index in [1.54, 1.807) is 12.1 Å². The number of benzene rings is 1. The molecular weight excluding hydrogens is 184 g/mol. The van der Waals surface area contributed by atoms with Crippen LogP contribution in [0.15, 0.2) is 24.3 Å². The molecule has 3 N–H and O–H groups in total. The summed E-state index contributed by atoms with van der Waals surface area (Å²) in [5.41, 5.74) is 0.892. The van der Waals surface area contributed by atoms with E-state index < -0.39 is 12.1 Å². The highest BCUT2D eigenvalue weighted by Gasteiger charge is 2.12. The first-order chi connectivity index (χ1) is 6.59. The Bertz CT molecular complexity index is 304. The van der Waals surface area contributed by atoms with Gasteiger partial charge in [0.1, 0.15) is 5.75 Å². The van der Waals surface area contributed by atoms with Crippen molar-refractivity contribution in [1.82, 2.24) is 0 Å². The van der Waals surface area contributed by atoms with E-state index in [-0.39, 0.29) is 12.2 Å². The standard InChI is InChI=1S/C10H12O4/c11-8-4-1-7(2-5-8)3-6-9(12)10(13)14/h1-2,4-5,9,11-12H,3,6H2,(H,13,14). The lowest BCUT2D eigenvalue weighted by molar-refractivity contribution is -0.146. The molecule has 1 rings (SSSR count). The highest BCUT2D eigenvalue weighted by molar-refractivity contribution is 5.71. The van der Waals surface area contributed by atoms with Crippen LogP contribution >= 0.6 is 0 Å². The highest BCUT2D eigenvalue weighted by atomic mass is 16.4. The summed E-state index contributed by atoms with van der Waals surface area (Å²) in [4.78, 5) is 10.3. The first kappa shape index (κ1) is 10.5. The predicted molar refractivity (Wildman–Crippen MR) is 50.1 cm³/mol. The van der Waals surface area contributed by atoms with Crippen molar-refractivity contribution >= 4 is 5.97 Å². The number of aromatic hydroxyl groups is 1. The molecule has 0 spiro atoms. The van der Waals surface area contributed by atoms with E-state index in [1.807, 2.05) is 0 Å². The van der Waals surface area contributed by atoms with Gasteiger partial charge in [-0.15, -0.1) is 0 Å². The van der Waals surface area contributed by atoms with Crippen molar-refractivity contribution in [3.63, 3.8) is 0 Å². The van der Waals surface area contributed by atoms with Crippen LogP contribution in [0.4, 0.5) is 0 Å². The average Bonchev–Trinajstić information content (AvgIpc) is 2.16. The number of aliphatic carboxylic acids is 1. The Labute approximate surface area is 81.4 Å². The molecule has 1 aromatic carbocycles. The van der Waals surface area contributed by atoms with Gasteiger partial charge in [0.25, 0.3) is 0 Å². The molecule has 0 heterocycles. The molecule has 4 nitrogen and oxygen atoms in total. The normalized spacial score (nSPS) is 12.4. The molecular formula is C10H12O4. The molecule has 0 aliphatic rings. The van der Waals surface area contributed by atoms with Crippen LogP contribution in [-0.4, -0.2) is 27.4 Å². The Balaban J connectivity index is 2.46. The summed E-state index contributed by atoms with van der Waals surface area (Å²) in [7, 11) is 0. The molecule has 1 aromatic rings. The lowest BCUT2D eigenvalue weighted by Gasteiger charge is -2.04. The van der Waals surface area contributed by atoms with Gasteiger partial charge in [-0.3, -0.25) is 0 Å². The van der Waals surface area contributed by atoms with Gasteiger partial charge in [0.05, 0.1) is 0 Å². The molecule has 14 heavy (non-hydrogen) atoms. The Morgan fingerprint density at radius 2 is 1.86 bits per heavy atom. The van der Waals surface area contributed by atoms with Crippen molar-refractivity contribution in [3.05, 3.63) is 29.8 Å². The maximum absolute atomic E-state index is 10.3. The largest absolute Gasteiger partial charge is 0.508 e. The van der Waals surface area contributed by atoms with E-state index in [2.05, 4.69) is 0 Å². The molecule has 0 saturated heterocycles. The van der Waals surface area contributed by atoms with Crippen molar-refractivity contribution in [2.45, 2.75) is 18.9 Å². The summed E-state index contributed by atoms with van der Waals surface area (Å²) in [5.74, 6) is -1.03. The number of carboxylic acids is 1. The van der Waals surface area contributed by atoms with Gasteiger partial charge in [0.2, 0.25) is 0 Å². The van der Waals surface area contributed by atoms with Crippen LogP contribution in [-0.2, 0) is 11.2 Å². The number of aryl methyl sites for hydroxylation is 1. The number of phenols is 1. The summed E-state index contributed by atoms with van der Waals surface area (Å²) in [6, 6.07) is 6.46. The molecule has 4 heteroatoms. The van der Waals surface area contributed by atoms with Gasteiger partial charge >= 0.3 is 5.97 Å². The third-order valence-electron chi connectivity index (χ3n) is 1.93. The first-order valence-electron chi connectivity index (χ1n) is 4.28. The maximum atomic E-state index is 10.3. The van der Waals surface area contributed by atoms with Gasteiger partial charge in [-0.2, -0.15) is 0 Å². The molecule has 0 amide bonds. The zero-order valence-electron chi connectivity index (χ0n) is 7.55. The molecule has 76 valence electrons. The third kappa shape index (κ3) is 3.06. The van der Waals surface area contributed by atoms with E-state index in [0.717, 1.165) is 5.56 Å². The number of rotatable bonds is 4. The monoisotopic (exact) mass is 196 g/mol. The maximum Gasteiger partial charge on any atom is 0.332 e. The molecule has 0 aliphatic heterocycles. The lowest BCUT2D eigenvalue weighted by atomic mass is 10.1. The molecule has 0 radical (unpaired) electrons. The molecule has 1 atom stereocenters. The molecule has 0 saturated carbocycles. The quantitative estimate of drug-likeness (QED) is 0.664. The van der Waals surface area contributed by atoms with E-state index in [1.165, 1.54) is 12.1 Å². The summed E-state index contributed by atoms with van der Waals surface area (Å²) in [6.07, 6.45) is -0.655. The van der Waals surface area contributed by atoms with Crippen LogP contribution in [0.1, 0.15) is 12.0 Å². The van der Waals surface area contributed by atoms with Gasteiger partial charge in [0, 0.05) is 0 Å². The van der Waals surface area contributed by atoms with Crippen LogP contribution < -0.4 is 0 Å². The number of aliphatic hydroxyl groups is 1. The molecule has 1 unspecified atom stereocenters. The minimum Gasteiger partial charge on any atom is -0.508 e. The highest BCUT2D eigenvalue weighted by Crippen LogP contribution is 2.11. The van der Waals surface area contributed by atoms with Gasteiger partial charge in [-0.25, -0.2) is 4.79 Å². The van der Waals surface area contributed by atoms with E-state index in [0.29, 0.717) is 6.42 Å². The summed E-state index contributed by atoms with van der Waals surface area (Å²) >= 11 is 0. The minimum absolute atomic E-state index is 0.174. The number of hydrogen-bond acceptors (Lipinski definition) is 3. The van der Waals surface area contributed by atoms with Crippen molar-refractivity contribution in [2.75, 3.05) is 0 Å². The second-order valence-corrected chi connectivity index (χ2v) is 3.06. The van der Waals surface area contributed by atoms with Crippen LogP contribution in [0.2, 0.25) is 0 Å². The number of hydrogen-bond donors (Lipinski definition) is 3. The van der Waals surface area contributed by atoms with Crippen molar-refractivity contribution < 1.29 is 20.1 Å².